The van der Waals surface area contributed by atoms with Gasteiger partial charge in [0.05, 0.1) is 6.20 Å². The number of rotatable bonds is 3. The normalized spacial score (nSPS) is 19.6. The van der Waals surface area contributed by atoms with Crippen molar-refractivity contribution in [2.24, 2.45) is 0 Å². The predicted octanol–water partition coefficient (Wildman–Crippen LogP) is 2.40. The Morgan fingerprint density at radius 2 is 1.94 bits per heavy atom. The second kappa shape index (κ2) is 5.36. The van der Waals surface area contributed by atoms with Crippen molar-refractivity contribution in [1.29, 1.82) is 0 Å². The number of nitrogens with zero attached hydrogens (tertiary/aromatic N) is 2. The van der Waals surface area contributed by atoms with Crippen molar-refractivity contribution >= 4 is 5.78 Å². The Hall–Kier alpha value is -1.29. The van der Waals surface area contributed by atoms with Gasteiger partial charge in [-0.3, -0.25) is 9.78 Å². The van der Waals surface area contributed by atoms with E-state index in [-0.39, 0.29) is 5.78 Å². The van der Waals surface area contributed by atoms with Crippen molar-refractivity contribution in [3.63, 3.8) is 0 Å². The van der Waals surface area contributed by atoms with E-state index in [2.05, 4.69) is 9.97 Å². The molecule has 0 saturated heterocycles. The van der Waals surface area contributed by atoms with Gasteiger partial charge in [-0.05, 0) is 12.8 Å². The highest BCUT2D eigenvalue weighted by molar-refractivity contribution is 6.00. The van der Waals surface area contributed by atoms with Gasteiger partial charge in [0.25, 0.3) is 0 Å². The molecular formula is C13H18N2O2. The standard InChI is InChI=1S/C13H18N2O2/c1-17-13(6-4-2-3-5-7-13)12(16)11-10-14-8-9-15-11/h8-10H,2-7H2,1H3. The van der Waals surface area contributed by atoms with E-state index in [0.29, 0.717) is 5.69 Å². The van der Waals surface area contributed by atoms with Crippen molar-refractivity contribution in [2.75, 3.05) is 7.11 Å². The quantitative estimate of drug-likeness (QED) is 0.595. The van der Waals surface area contributed by atoms with Gasteiger partial charge in [0, 0.05) is 19.5 Å². The minimum atomic E-state index is -0.674. The summed E-state index contributed by atoms with van der Waals surface area (Å²) in [6.07, 6.45) is 10.7. The van der Waals surface area contributed by atoms with Gasteiger partial charge in [0.1, 0.15) is 11.3 Å². The maximum absolute atomic E-state index is 12.5. The third-order valence-electron chi connectivity index (χ3n) is 3.51. The van der Waals surface area contributed by atoms with Crippen LogP contribution >= 0.6 is 0 Å². The van der Waals surface area contributed by atoms with Gasteiger partial charge in [-0.25, -0.2) is 4.98 Å². The molecule has 1 heterocycles. The van der Waals surface area contributed by atoms with Crippen LogP contribution in [0, 0.1) is 0 Å². The van der Waals surface area contributed by atoms with Gasteiger partial charge in [-0.1, -0.05) is 25.7 Å². The van der Waals surface area contributed by atoms with Crippen LogP contribution in [0.25, 0.3) is 0 Å². The number of ether oxygens (including phenoxy) is 1. The fourth-order valence-corrected chi connectivity index (χ4v) is 2.47. The summed E-state index contributed by atoms with van der Waals surface area (Å²) in [6, 6.07) is 0. The summed E-state index contributed by atoms with van der Waals surface area (Å²) in [5.74, 6) is -0.0185. The number of methoxy groups -OCH3 is 1. The van der Waals surface area contributed by atoms with Crippen molar-refractivity contribution in [1.82, 2.24) is 9.97 Å². The highest BCUT2D eigenvalue weighted by atomic mass is 16.5. The fraction of sp³-hybridized carbons (Fsp3) is 0.615. The summed E-state index contributed by atoms with van der Waals surface area (Å²) in [7, 11) is 1.62. The maximum atomic E-state index is 12.5. The summed E-state index contributed by atoms with van der Waals surface area (Å²) < 4.78 is 5.56. The average Bonchev–Trinajstić information content (AvgIpc) is 2.65. The molecule has 1 saturated carbocycles. The molecule has 0 spiro atoms. The monoisotopic (exact) mass is 234 g/mol. The summed E-state index contributed by atoms with van der Waals surface area (Å²) >= 11 is 0. The van der Waals surface area contributed by atoms with E-state index in [9.17, 15) is 4.79 Å². The molecule has 17 heavy (non-hydrogen) atoms. The highest BCUT2D eigenvalue weighted by Crippen LogP contribution is 2.32. The first kappa shape index (κ1) is 12.2. The lowest BCUT2D eigenvalue weighted by atomic mass is 9.88. The topological polar surface area (TPSA) is 52.1 Å². The molecule has 1 aromatic heterocycles. The molecule has 1 aliphatic rings. The van der Waals surface area contributed by atoms with Gasteiger partial charge in [-0.2, -0.15) is 0 Å². The number of hydrogen-bond acceptors (Lipinski definition) is 4. The Labute approximate surface area is 101 Å². The van der Waals surface area contributed by atoms with Crippen LogP contribution in [-0.4, -0.2) is 28.5 Å². The van der Waals surface area contributed by atoms with Crippen LogP contribution in [0.4, 0.5) is 0 Å². The first-order chi connectivity index (χ1) is 8.28. The lowest BCUT2D eigenvalue weighted by molar-refractivity contribution is -0.00735. The van der Waals surface area contributed by atoms with E-state index in [1.165, 1.54) is 19.0 Å². The largest absolute Gasteiger partial charge is 0.370 e. The molecule has 1 fully saturated rings. The Morgan fingerprint density at radius 1 is 1.24 bits per heavy atom. The Kier molecular flexibility index (Phi) is 3.84. The molecule has 0 aliphatic heterocycles. The Morgan fingerprint density at radius 3 is 2.47 bits per heavy atom. The number of carbonyl (C=O) groups excluding carboxylic acids is 1. The molecule has 1 aliphatic carbocycles. The number of Topliss-reactive ketones (excluding diaryl/α,β-unsaturated/α-hetero) is 1. The summed E-state index contributed by atoms with van der Waals surface area (Å²) in [4.78, 5) is 20.5. The third kappa shape index (κ3) is 2.52. The molecule has 1 aromatic rings. The molecule has 0 radical (unpaired) electrons. The minimum Gasteiger partial charge on any atom is -0.370 e. The van der Waals surface area contributed by atoms with Gasteiger partial charge < -0.3 is 4.74 Å². The van der Waals surface area contributed by atoms with Crippen LogP contribution in [0.3, 0.4) is 0 Å². The second-order valence-electron chi connectivity index (χ2n) is 4.53. The summed E-state index contributed by atoms with van der Waals surface area (Å²) in [5.41, 5.74) is -0.261. The first-order valence-corrected chi connectivity index (χ1v) is 6.14. The fourth-order valence-electron chi connectivity index (χ4n) is 2.47. The molecule has 0 atom stereocenters. The van der Waals surface area contributed by atoms with Gasteiger partial charge in [-0.15, -0.1) is 0 Å². The zero-order valence-electron chi connectivity index (χ0n) is 10.2. The molecule has 4 nitrogen and oxygen atoms in total. The van der Waals surface area contributed by atoms with E-state index in [1.54, 1.807) is 19.5 Å². The average molecular weight is 234 g/mol. The molecular weight excluding hydrogens is 216 g/mol. The van der Waals surface area contributed by atoms with E-state index >= 15 is 0 Å². The SMILES string of the molecule is COC1(C(=O)c2cnccn2)CCCCCC1. The van der Waals surface area contributed by atoms with Crippen LogP contribution in [0.15, 0.2) is 18.6 Å². The van der Waals surface area contributed by atoms with Gasteiger partial charge >= 0.3 is 0 Å². The van der Waals surface area contributed by atoms with E-state index in [4.69, 9.17) is 4.74 Å². The van der Waals surface area contributed by atoms with Crippen molar-refractivity contribution < 1.29 is 9.53 Å². The predicted molar refractivity (Wildman–Crippen MR) is 63.8 cm³/mol. The molecule has 0 N–H and O–H groups in total. The molecule has 0 bridgehead atoms. The molecule has 4 heteroatoms. The second-order valence-corrected chi connectivity index (χ2v) is 4.53. The first-order valence-electron chi connectivity index (χ1n) is 6.14. The van der Waals surface area contributed by atoms with Gasteiger partial charge in [0.2, 0.25) is 5.78 Å². The summed E-state index contributed by atoms with van der Waals surface area (Å²) in [5, 5.41) is 0. The molecule has 92 valence electrons. The van der Waals surface area contributed by atoms with E-state index in [0.717, 1.165) is 25.7 Å². The highest BCUT2D eigenvalue weighted by Gasteiger charge is 2.39. The molecule has 0 aromatic carbocycles. The zero-order chi connectivity index (χ0) is 12.1. The molecule has 2 rings (SSSR count). The molecule has 0 unspecified atom stereocenters. The van der Waals surface area contributed by atoms with Gasteiger partial charge in [0.15, 0.2) is 0 Å². The van der Waals surface area contributed by atoms with Crippen LogP contribution in [0.2, 0.25) is 0 Å². The van der Waals surface area contributed by atoms with E-state index in [1.807, 2.05) is 0 Å². The number of carbonyl (C=O) groups is 1. The van der Waals surface area contributed by atoms with Crippen molar-refractivity contribution in [2.45, 2.75) is 44.1 Å². The smallest absolute Gasteiger partial charge is 0.214 e. The number of aromatic nitrogens is 2. The minimum absolute atomic E-state index is 0.0185. The van der Waals surface area contributed by atoms with Crippen molar-refractivity contribution in [3.05, 3.63) is 24.3 Å². The Balaban J connectivity index is 2.25. The van der Waals surface area contributed by atoms with Crippen LogP contribution in [-0.2, 0) is 4.74 Å². The van der Waals surface area contributed by atoms with Crippen LogP contribution in [0.5, 0.6) is 0 Å². The lowest BCUT2D eigenvalue weighted by Crippen LogP contribution is -2.40. The third-order valence-corrected chi connectivity index (χ3v) is 3.51. The number of hydrogen-bond donors (Lipinski definition) is 0. The van der Waals surface area contributed by atoms with E-state index < -0.39 is 5.60 Å². The summed E-state index contributed by atoms with van der Waals surface area (Å²) in [6.45, 7) is 0. The Bertz CT molecular complexity index is 370. The molecule has 0 amide bonds. The number of ketones is 1. The van der Waals surface area contributed by atoms with Crippen LogP contribution in [0.1, 0.15) is 49.0 Å². The zero-order valence-corrected chi connectivity index (χ0v) is 10.2. The maximum Gasteiger partial charge on any atom is 0.214 e. The lowest BCUT2D eigenvalue weighted by Gasteiger charge is -2.29. The van der Waals surface area contributed by atoms with Crippen molar-refractivity contribution in [3.8, 4) is 0 Å². The van der Waals surface area contributed by atoms with Crippen LogP contribution < -0.4 is 0 Å².